The minimum Gasteiger partial charge on any atom is -0.378 e. The summed E-state index contributed by atoms with van der Waals surface area (Å²) in [4.78, 5) is 7.23. The second-order valence-corrected chi connectivity index (χ2v) is 7.07. The van der Waals surface area contributed by atoms with Crippen LogP contribution in [-0.4, -0.2) is 31.3 Å². The third-order valence-electron chi connectivity index (χ3n) is 4.41. The zero-order valence-corrected chi connectivity index (χ0v) is 14.7. The first-order valence-corrected chi connectivity index (χ1v) is 8.84. The van der Waals surface area contributed by atoms with E-state index >= 15 is 0 Å². The summed E-state index contributed by atoms with van der Waals surface area (Å²) in [5, 5.41) is 3.31. The molecule has 2 heterocycles. The van der Waals surface area contributed by atoms with E-state index in [4.69, 9.17) is 9.72 Å². The lowest BCUT2D eigenvalue weighted by molar-refractivity contribution is 0.122. The molecule has 4 heteroatoms. The maximum absolute atomic E-state index is 5.43. The van der Waals surface area contributed by atoms with Crippen LogP contribution in [0.25, 0.3) is 11.3 Å². The van der Waals surface area contributed by atoms with E-state index in [1.165, 1.54) is 22.3 Å². The van der Waals surface area contributed by atoms with Crippen molar-refractivity contribution in [1.29, 1.82) is 0 Å². The van der Waals surface area contributed by atoms with Gasteiger partial charge in [-0.2, -0.15) is 0 Å². The number of rotatable bonds is 3. The summed E-state index contributed by atoms with van der Waals surface area (Å²) in [5.41, 5.74) is 6.58. The molecule has 1 aliphatic rings. The van der Waals surface area contributed by atoms with E-state index in [0.29, 0.717) is 5.92 Å². The molecule has 0 N–H and O–H groups in total. The van der Waals surface area contributed by atoms with Gasteiger partial charge in [-0.3, -0.25) is 0 Å². The van der Waals surface area contributed by atoms with Gasteiger partial charge in [0, 0.05) is 24.0 Å². The van der Waals surface area contributed by atoms with Crippen molar-refractivity contribution in [1.82, 2.24) is 4.98 Å². The van der Waals surface area contributed by atoms with Gasteiger partial charge < -0.3 is 9.64 Å². The molecule has 0 aliphatic carbocycles. The van der Waals surface area contributed by atoms with Crippen LogP contribution in [0.1, 0.15) is 36.5 Å². The van der Waals surface area contributed by atoms with E-state index in [1.807, 2.05) is 0 Å². The first-order valence-electron chi connectivity index (χ1n) is 7.96. The van der Waals surface area contributed by atoms with Crippen molar-refractivity contribution >= 4 is 16.5 Å². The molecule has 1 aromatic carbocycles. The van der Waals surface area contributed by atoms with Crippen molar-refractivity contribution in [2.24, 2.45) is 0 Å². The Labute approximate surface area is 137 Å². The molecule has 1 saturated heterocycles. The van der Waals surface area contributed by atoms with Gasteiger partial charge in [0.15, 0.2) is 5.13 Å². The van der Waals surface area contributed by atoms with Crippen molar-refractivity contribution in [2.75, 3.05) is 31.2 Å². The molecule has 1 aliphatic heterocycles. The third kappa shape index (κ3) is 2.90. The SMILES string of the molecule is Cc1ccc(-c2csc(N3CCOCC3)n2)c(C(C)C)c1C. The largest absolute Gasteiger partial charge is 0.378 e. The van der Waals surface area contributed by atoms with Gasteiger partial charge in [0.05, 0.1) is 18.9 Å². The summed E-state index contributed by atoms with van der Waals surface area (Å²) >= 11 is 1.74. The third-order valence-corrected chi connectivity index (χ3v) is 5.31. The number of nitrogens with zero attached hydrogens (tertiary/aromatic N) is 2. The van der Waals surface area contributed by atoms with Crippen LogP contribution in [0, 0.1) is 13.8 Å². The molecule has 22 heavy (non-hydrogen) atoms. The first kappa shape index (κ1) is 15.5. The van der Waals surface area contributed by atoms with E-state index in [9.17, 15) is 0 Å². The average molecular weight is 316 g/mol. The maximum atomic E-state index is 5.43. The topological polar surface area (TPSA) is 25.4 Å². The lowest BCUT2D eigenvalue weighted by Gasteiger charge is -2.26. The molecule has 0 bridgehead atoms. The molecule has 1 fully saturated rings. The second-order valence-electron chi connectivity index (χ2n) is 6.24. The number of benzene rings is 1. The molecule has 3 rings (SSSR count). The molecule has 0 spiro atoms. The average Bonchev–Trinajstić information content (AvgIpc) is 3.00. The van der Waals surface area contributed by atoms with Gasteiger partial charge in [-0.05, 0) is 36.5 Å². The fraction of sp³-hybridized carbons (Fsp3) is 0.500. The summed E-state index contributed by atoms with van der Waals surface area (Å²) in [6, 6.07) is 4.44. The number of thiazole rings is 1. The highest BCUT2D eigenvalue weighted by Crippen LogP contribution is 2.35. The van der Waals surface area contributed by atoms with Crippen molar-refractivity contribution in [2.45, 2.75) is 33.6 Å². The smallest absolute Gasteiger partial charge is 0.186 e. The number of aryl methyl sites for hydroxylation is 1. The Morgan fingerprint density at radius 1 is 1.18 bits per heavy atom. The van der Waals surface area contributed by atoms with E-state index < -0.39 is 0 Å². The maximum Gasteiger partial charge on any atom is 0.186 e. The van der Waals surface area contributed by atoms with Crippen LogP contribution in [0.15, 0.2) is 17.5 Å². The predicted molar refractivity (Wildman–Crippen MR) is 94.1 cm³/mol. The Morgan fingerprint density at radius 2 is 1.91 bits per heavy atom. The van der Waals surface area contributed by atoms with Crippen molar-refractivity contribution in [3.63, 3.8) is 0 Å². The quantitative estimate of drug-likeness (QED) is 0.840. The molecule has 2 aromatic rings. The van der Waals surface area contributed by atoms with Gasteiger partial charge >= 0.3 is 0 Å². The van der Waals surface area contributed by atoms with Crippen LogP contribution in [0.5, 0.6) is 0 Å². The summed E-state index contributed by atoms with van der Waals surface area (Å²) in [5.74, 6) is 0.503. The Balaban J connectivity index is 1.98. The van der Waals surface area contributed by atoms with E-state index in [2.05, 4.69) is 50.1 Å². The van der Waals surface area contributed by atoms with Crippen molar-refractivity contribution in [3.05, 3.63) is 34.2 Å². The van der Waals surface area contributed by atoms with Gasteiger partial charge in [0.25, 0.3) is 0 Å². The van der Waals surface area contributed by atoms with Gasteiger partial charge in [-0.15, -0.1) is 11.3 Å². The first-order chi connectivity index (χ1) is 10.6. The summed E-state index contributed by atoms with van der Waals surface area (Å²) in [6.07, 6.45) is 0. The van der Waals surface area contributed by atoms with Crippen LogP contribution in [-0.2, 0) is 4.74 Å². The number of aromatic nitrogens is 1. The standard InChI is InChI=1S/C18H24N2OS/c1-12(2)17-14(4)13(3)5-6-15(17)16-11-22-18(19-16)20-7-9-21-10-8-20/h5-6,11-12H,7-10H2,1-4H3. The Bertz CT molecular complexity index is 657. The summed E-state index contributed by atoms with van der Waals surface area (Å²) in [6.45, 7) is 12.4. The van der Waals surface area contributed by atoms with Crippen LogP contribution < -0.4 is 4.90 Å². The number of morpholine rings is 1. The Hall–Kier alpha value is -1.39. The summed E-state index contributed by atoms with van der Waals surface area (Å²) < 4.78 is 5.43. The number of anilines is 1. The lowest BCUT2D eigenvalue weighted by Crippen LogP contribution is -2.36. The summed E-state index contributed by atoms with van der Waals surface area (Å²) in [7, 11) is 0. The van der Waals surface area contributed by atoms with E-state index in [-0.39, 0.29) is 0 Å². The minimum absolute atomic E-state index is 0.503. The molecule has 118 valence electrons. The number of ether oxygens (including phenoxy) is 1. The van der Waals surface area contributed by atoms with E-state index in [1.54, 1.807) is 11.3 Å². The van der Waals surface area contributed by atoms with E-state index in [0.717, 1.165) is 37.1 Å². The minimum atomic E-state index is 0.503. The van der Waals surface area contributed by atoms with Crippen LogP contribution in [0.4, 0.5) is 5.13 Å². The second kappa shape index (κ2) is 6.39. The van der Waals surface area contributed by atoms with Crippen LogP contribution in [0.2, 0.25) is 0 Å². The predicted octanol–water partition coefficient (Wildman–Crippen LogP) is 4.39. The fourth-order valence-corrected chi connectivity index (χ4v) is 3.97. The molecular weight excluding hydrogens is 292 g/mol. The van der Waals surface area contributed by atoms with Crippen LogP contribution >= 0.6 is 11.3 Å². The molecule has 0 amide bonds. The monoisotopic (exact) mass is 316 g/mol. The van der Waals surface area contributed by atoms with Gasteiger partial charge in [-0.25, -0.2) is 4.98 Å². The number of hydrogen-bond acceptors (Lipinski definition) is 4. The molecule has 0 saturated carbocycles. The Kier molecular flexibility index (Phi) is 4.50. The van der Waals surface area contributed by atoms with Crippen LogP contribution in [0.3, 0.4) is 0 Å². The molecule has 0 atom stereocenters. The highest BCUT2D eigenvalue weighted by atomic mass is 32.1. The molecule has 3 nitrogen and oxygen atoms in total. The molecule has 0 radical (unpaired) electrons. The molecule has 1 aromatic heterocycles. The van der Waals surface area contributed by atoms with Gasteiger partial charge in [-0.1, -0.05) is 26.0 Å². The van der Waals surface area contributed by atoms with Crippen molar-refractivity contribution < 1.29 is 4.74 Å². The Morgan fingerprint density at radius 3 is 2.59 bits per heavy atom. The molecular formula is C18H24N2OS. The normalized spacial score (nSPS) is 15.6. The van der Waals surface area contributed by atoms with Crippen molar-refractivity contribution in [3.8, 4) is 11.3 Å². The highest BCUT2D eigenvalue weighted by Gasteiger charge is 2.18. The number of hydrogen-bond donors (Lipinski definition) is 0. The zero-order valence-electron chi connectivity index (χ0n) is 13.8. The zero-order chi connectivity index (χ0) is 15.7. The highest BCUT2D eigenvalue weighted by molar-refractivity contribution is 7.14. The lowest BCUT2D eigenvalue weighted by atomic mass is 9.89. The van der Waals surface area contributed by atoms with Gasteiger partial charge in [0.1, 0.15) is 0 Å². The fourth-order valence-electron chi connectivity index (χ4n) is 3.09. The van der Waals surface area contributed by atoms with Gasteiger partial charge in [0.2, 0.25) is 0 Å². The molecule has 0 unspecified atom stereocenters.